The first-order valence-corrected chi connectivity index (χ1v) is 4.86. The van der Waals surface area contributed by atoms with Gasteiger partial charge in [0.1, 0.15) is 17.2 Å². The van der Waals surface area contributed by atoms with Crippen molar-refractivity contribution in [3.8, 4) is 6.07 Å². The molecule has 0 aromatic rings. The molecule has 13 heavy (non-hydrogen) atoms. The third kappa shape index (κ3) is 2.67. The van der Waals surface area contributed by atoms with Gasteiger partial charge in [-0.2, -0.15) is 5.26 Å². The molecule has 1 N–H and O–H groups in total. The molecule has 0 radical (unpaired) electrons. The number of nitriles is 1. The van der Waals surface area contributed by atoms with E-state index in [9.17, 15) is 4.79 Å². The van der Waals surface area contributed by atoms with E-state index < -0.39 is 0 Å². The van der Waals surface area contributed by atoms with Crippen molar-refractivity contribution >= 4 is 17.7 Å². The van der Waals surface area contributed by atoms with Gasteiger partial charge in [-0.1, -0.05) is 0 Å². The molecule has 5 heteroatoms. The van der Waals surface area contributed by atoms with E-state index in [0.717, 1.165) is 5.75 Å². The summed E-state index contributed by atoms with van der Waals surface area (Å²) in [4.78, 5) is 11.9. The first kappa shape index (κ1) is 9.93. The number of carbonyl (C=O) groups is 1. The number of ether oxygens (including phenoxy) is 1. The van der Waals surface area contributed by atoms with Crippen molar-refractivity contribution in [1.29, 1.82) is 5.26 Å². The van der Waals surface area contributed by atoms with Gasteiger partial charge in [-0.05, 0) is 6.92 Å². The lowest BCUT2D eigenvalue weighted by molar-refractivity contribution is -0.116. The topological polar surface area (TPSA) is 62.1 Å². The maximum atomic E-state index is 11.3. The van der Waals surface area contributed by atoms with Gasteiger partial charge in [0.05, 0.1) is 12.7 Å². The van der Waals surface area contributed by atoms with Crippen LogP contribution < -0.4 is 5.32 Å². The molecule has 0 fully saturated rings. The lowest BCUT2D eigenvalue weighted by Gasteiger charge is -2.16. The van der Waals surface area contributed by atoms with Crippen LogP contribution in [-0.4, -0.2) is 24.8 Å². The van der Waals surface area contributed by atoms with E-state index in [4.69, 9.17) is 10.00 Å². The van der Waals surface area contributed by atoms with Gasteiger partial charge in [-0.25, -0.2) is 0 Å². The largest absolute Gasteiger partial charge is 0.496 e. The highest BCUT2D eigenvalue weighted by molar-refractivity contribution is 8.04. The van der Waals surface area contributed by atoms with E-state index in [-0.39, 0.29) is 12.5 Å². The van der Waals surface area contributed by atoms with Crippen molar-refractivity contribution in [2.45, 2.75) is 6.92 Å². The standard InChI is InChI=1S/C8H10N2O2S/c1-6-7(13-5-4-12-6)8(11)10-3-2-9/h3-5H2,1H3,(H,10,11). The molecule has 1 aliphatic rings. The van der Waals surface area contributed by atoms with Crippen LogP contribution in [0.2, 0.25) is 0 Å². The smallest absolute Gasteiger partial charge is 0.261 e. The van der Waals surface area contributed by atoms with Gasteiger partial charge in [0.25, 0.3) is 5.91 Å². The van der Waals surface area contributed by atoms with Gasteiger partial charge in [0.2, 0.25) is 0 Å². The van der Waals surface area contributed by atoms with Gasteiger partial charge in [-0.3, -0.25) is 4.79 Å². The summed E-state index contributed by atoms with van der Waals surface area (Å²) in [5.74, 6) is 1.21. The summed E-state index contributed by atoms with van der Waals surface area (Å²) < 4.78 is 5.21. The van der Waals surface area contributed by atoms with E-state index >= 15 is 0 Å². The van der Waals surface area contributed by atoms with E-state index in [1.165, 1.54) is 11.8 Å². The molecule has 0 spiro atoms. The lowest BCUT2D eigenvalue weighted by atomic mass is 10.4. The Kier molecular flexibility index (Phi) is 3.65. The van der Waals surface area contributed by atoms with Crippen LogP contribution >= 0.6 is 11.8 Å². The Bertz CT molecular complexity index is 280. The summed E-state index contributed by atoms with van der Waals surface area (Å²) in [7, 11) is 0. The molecule has 4 nitrogen and oxygen atoms in total. The summed E-state index contributed by atoms with van der Waals surface area (Å²) in [5.41, 5.74) is 0. The number of carbonyl (C=O) groups excluding carboxylic acids is 1. The average Bonchev–Trinajstić information content (AvgIpc) is 2.15. The third-order valence-electron chi connectivity index (χ3n) is 1.50. The Morgan fingerprint density at radius 2 is 2.62 bits per heavy atom. The normalized spacial score (nSPS) is 16.0. The Labute approximate surface area is 80.9 Å². The number of hydrogen-bond acceptors (Lipinski definition) is 4. The molecule has 1 heterocycles. The van der Waals surface area contributed by atoms with Crippen LogP contribution in [0, 0.1) is 11.3 Å². The molecule has 1 aliphatic heterocycles. The second-order valence-corrected chi connectivity index (χ2v) is 3.53. The summed E-state index contributed by atoms with van der Waals surface area (Å²) in [6, 6.07) is 1.85. The summed E-state index contributed by atoms with van der Waals surface area (Å²) >= 11 is 1.46. The van der Waals surface area contributed by atoms with Gasteiger partial charge in [0.15, 0.2) is 0 Å². The Balaban J connectivity index is 2.59. The molecule has 0 aromatic heterocycles. The minimum absolute atomic E-state index is 0.0379. The van der Waals surface area contributed by atoms with Crippen molar-refractivity contribution in [3.05, 3.63) is 10.7 Å². The highest BCUT2D eigenvalue weighted by Gasteiger charge is 2.17. The summed E-state index contributed by atoms with van der Waals surface area (Å²) in [6.07, 6.45) is 0. The van der Waals surface area contributed by atoms with Crippen LogP contribution in [0.25, 0.3) is 0 Å². The molecule has 0 aliphatic carbocycles. The zero-order chi connectivity index (χ0) is 9.68. The average molecular weight is 198 g/mol. The Morgan fingerprint density at radius 1 is 1.85 bits per heavy atom. The highest BCUT2D eigenvalue weighted by Crippen LogP contribution is 2.24. The van der Waals surface area contributed by atoms with Crippen LogP contribution in [0.3, 0.4) is 0 Å². The predicted octanol–water partition coefficient (Wildman–Crippen LogP) is 0.621. The van der Waals surface area contributed by atoms with Gasteiger partial charge in [-0.15, -0.1) is 11.8 Å². The van der Waals surface area contributed by atoms with Gasteiger partial charge < -0.3 is 10.1 Å². The number of thioether (sulfide) groups is 1. The fourth-order valence-electron chi connectivity index (χ4n) is 0.931. The van der Waals surface area contributed by atoms with E-state index in [2.05, 4.69) is 5.32 Å². The number of nitrogens with zero attached hydrogens (tertiary/aromatic N) is 1. The highest BCUT2D eigenvalue weighted by atomic mass is 32.2. The molecule has 0 aromatic carbocycles. The molecular formula is C8H10N2O2S. The first-order valence-electron chi connectivity index (χ1n) is 3.87. The first-order chi connectivity index (χ1) is 6.25. The Hall–Kier alpha value is -1.15. The fraction of sp³-hybridized carbons (Fsp3) is 0.500. The van der Waals surface area contributed by atoms with E-state index in [0.29, 0.717) is 17.3 Å². The third-order valence-corrected chi connectivity index (χ3v) is 2.63. The number of amides is 1. The minimum atomic E-state index is -0.219. The van der Waals surface area contributed by atoms with Crippen LogP contribution in [0.1, 0.15) is 6.92 Å². The fourth-order valence-corrected chi connectivity index (χ4v) is 1.77. The van der Waals surface area contributed by atoms with E-state index in [1.807, 2.05) is 6.07 Å². The SMILES string of the molecule is CC1=C(C(=O)NCC#N)SCCO1. The predicted molar refractivity (Wildman–Crippen MR) is 49.7 cm³/mol. The van der Waals surface area contributed by atoms with Crippen molar-refractivity contribution in [2.24, 2.45) is 0 Å². The molecule has 70 valence electrons. The van der Waals surface area contributed by atoms with Crippen molar-refractivity contribution < 1.29 is 9.53 Å². The zero-order valence-electron chi connectivity index (χ0n) is 7.29. The van der Waals surface area contributed by atoms with Crippen LogP contribution in [-0.2, 0) is 9.53 Å². The molecule has 1 amide bonds. The number of hydrogen-bond donors (Lipinski definition) is 1. The van der Waals surface area contributed by atoms with E-state index in [1.54, 1.807) is 6.92 Å². The molecule has 1 rings (SSSR count). The second-order valence-electron chi connectivity index (χ2n) is 2.42. The molecular weight excluding hydrogens is 188 g/mol. The maximum absolute atomic E-state index is 11.3. The molecule has 0 bridgehead atoms. The lowest BCUT2D eigenvalue weighted by Crippen LogP contribution is -2.26. The second kappa shape index (κ2) is 4.77. The quantitative estimate of drug-likeness (QED) is 0.661. The molecule has 0 saturated carbocycles. The van der Waals surface area contributed by atoms with Crippen molar-refractivity contribution in [2.75, 3.05) is 18.9 Å². The van der Waals surface area contributed by atoms with Crippen LogP contribution in [0.15, 0.2) is 10.7 Å². The number of nitrogens with one attached hydrogen (secondary N) is 1. The molecule has 0 saturated heterocycles. The summed E-state index contributed by atoms with van der Waals surface area (Å²) in [5, 5.41) is 10.7. The zero-order valence-corrected chi connectivity index (χ0v) is 8.11. The molecule has 0 atom stereocenters. The van der Waals surface area contributed by atoms with Crippen molar-refractivity contribution in [3.63, 3.8) is 0 Å². The van der Waals surface area contributed by atoms with Gasteiger partial charge in [0, 0.05) is 5.75 Å². The number of rotatable bonds is 2. The minimum Gasteiger partial charge on any atom is -0.496 e. The maximum Gasteiger partial charge on any atom is 0.261 e. The van der Waals surface area contributed by atoms with Crippen molar-refractivity contribution in [1.82, 2.24) is 5.32 Å². The molecule has 0 unspecified atom stereocenters. The van der Waals surface area contributed by atoms with Gasteiger partial charge >= 0.3 is 0 Å². The number of allylic oxidation sites excluding steroid dienone is 1. The monoisotopic (exact) mass is 198 g/mol. The summed E-state index contributed by atoms with van der Waals surface area (Å²) in [6.45, 7) is 2.44. The van der Waals surface area contributed by atoms with Crippen LogP contribution in [0.5, 0.6) is 0 Å². The van der Waals surface area contributed by atoms with Crippen LogP contribution in [0.4, 0.5) is 0 Å². The Morgan fingerprint density at radius 3 is 3.23 bits per heavy atom.